The maximum Gasteiger partial charge on any atom is 0.340 e. The van der Waals surface area contributed by atoms with E-state index in [1.807, 2.05) is 24.3 Å². The van der Waals surface area contributed by atoms with Gasteiger partial charge in [-0.25, -0.2) is 9.79 Å². The molecular formula is C11H14N2O2. The van der Waals surface area contributed by atoms with Gasteiger partial charge in [0, 0.05) is 19.7 Å². The van der Waals surface area contributed by atoms with Gasteiger partial charge >= 0.3 is 6.03 Å². The first-order valence-corrected chi connectivity index (χ1v) is 4.64. The number of rotatable bonds is 3. The van der Waals surface area contributed by atoms with Crippen molar-refractivity contribution in [3.63, 3.8) is 0 Å². The minimum absolute atomic E-state index is 0.343. The summed E-state index contributed by atoms with van der Waals surface area (Å²) in [7, 11) is 3.16. The van der Waals surface area contributed by atoms with Crippen LogP contribution in [0, 0.1) is 0 Å². The van der Waals surface area contributed by atoms with Gasteiger partial charge in [-0.1, -0.05) is 18.2 Å². The van der Waals surface area contributed by atoms with E-state index in [1.165, 1.54) is 0 Å². The number of amides is 2. The summed E-state index contributed by atoms with van der Waals surface area (Å²) in [4.78, 5) is 14.5. The van der Waals surface area contributed by atoms with Crippen LogP contribution in [0.5, 0.6) is 5.75 Å². The van der Waals surface area contributed by atoms with Crippen LogP contribution in [0.2, 0.25) is 0 Å². The number of para-hydroxylation sites is 1. The average Bonchev–Trinajstić information content (AvgIpc) is 2.29. The van der Waals surface area contributed by atoms with Crippen LogP contribution in [0.1, 0.15) is 5.56 Å². The second-order valence-corrected chi connectivity index (χ2v) is 2.88. The van der Waals surface area contributed by atoms with Crippen LogP contribution in [-0.4, -0.2) is 26.4 Å². The van der Waals surface area contributed by atoms with Gasteiger partial charge in [-0.2, -0.15) is 0 Å². The predicted octanol–water partition coefficient (Wildman–Crippen LogP) is 1.65. The highest BCUT2D eigenvalue weighted by molar-refractivity contribution is 5.84. The number of hydrogen-bond acceptors (Lipinski definition) is 2. The second kappa shape index (κ2) is 5.80. The Labute approximate surface area is 89.0 Å². The molecule has 0 bridgehead atoms. The van der Waals surface area contributed by atoms with Gasteiger partial charge in [0.2, 0.25) is 0 Å². The molecule has 0 unspecified atom stereocenters. The van der Waals surface area contributed by atoms with Crippen molar-refractivity contribution in [3.05, 3.63) is 29.8 Å². The number of ether oxygens (including phenoxy) is 1. The van der Waals surface area contributed by atoms with Crippen LogP contribution in [-0.2, 0) is 6.42 Å². The van der Waals surface area contributed by atoms with Crippen molar-refractivity contribution in [2.45, 2.75) is 6.42 Å². The lowest BCUT2D eigenvalue weighted by molar-refractivity contribution is 0.251. The van der Waals surface area contributed by atoms with E-state index in [-0.39, 0.29) is 6.03 Å². The summed E-state index contributed by atoms with van der Waals surface area (Å²) < 4.78 is 5.17. The summed E-state index contributed by atoms with van der Waals surface area (Å²) >= 11 is 0. The maximum atomic E-state index is 10.8. The van der Waals surface area contributed by atoms with Crippen LogP contribution in [0.15, 0.2) is 29.3 Å². The summed E-state index contributed by atoms with van der Waals surface area (Å²) in [6.45, 7) is 0. The van der Waals surface area contributed by atoms with Crippen molar-refractivity contribution in [3.8, 4) is 5.75 Å². The minimum Gasteiger partial charge on any atom is -0.496 e. The molecule has 0 atom stereocenters. The second-order valence-electron chi connectivity index (χ2n) is 2.88. The van der Waals surface area contributed by atoms with Crippen LogP contribution in [0.25, 0.3) is 0 Å². The minimum atomic E-state index is -0.343. The van der Waals surface area contributed by atoms with E-state index in [4.69, 9.17) is 4.74 Å². The molecule has 1 aromatic rings. The average molecular weight is 206 g/mol. The summed E-state index contributed by atoms with van der Waals surface area (Å²) in [6.07, 6.45) is 2.15. The highest BCUT2D eigenvalue weighted by Gasteiger charge is 1.99. The number of carbonyl (C=O) groups is 1. The van der Waals surface area contributed by atoms with Crippen molar-refractivity contribution in [1.82, 2.24) is 5.32 Å². The number of benzene rings is 1. The molecule has 80 valence electrons. The smallest absolute Gasteiger partial charge is 0.340 e. The molecule has 4 heteroatoms. The Morgan fingerprint density at radius 3 is 2.93 bits per heavy atom. The van der Waals surface area contributed by atoms with Crippen LogP contribution in [0.4, 0.5) is 4.79 Å². The van der Waals surface area contributed by atoms with Gasteiger partial charge < -0.3 is 10.1 Å². The first-order chi connectivity index (χ1) is 7.27. The Morgan fingerprint density at radius 1 is 1.53 bits per heavy atom. The van der Waals surface area contributed by atoms with Gasteiger partial charge in [0.1, 0.15) is 5.75 Å². The van der Waals surface area contributed by atoms with E-state index in [1.54, 1.807) is 20.4 Å². The molecule has 1 aromatic carbocycles. The number of hydrogen-bond donors (Lipinski definition) is 1. The zero-order valence-corrected chi connectivity index (χ0v) is 8.86. The van der Waals surface area contributed by atoms with E-state index in [0.29, 0.717) is 6.42 Å². The first-order valence-electron chi connectivity index (χ1n) is 4.64. The molecular weight excluding hydrogens is 192 g/mol. The number of methoxy groups -OCH3 is 1. The van der Waals surface area contributed by atoms with Crippen molar-refractivity contribution in [1.29, 1.82) is 0 Å². The van der Waals surface area contributed by atoms with Crippen molar-refractivity contribution >= 4 is 12.2 Å². The molecule has 15 heavy (non-hydrogen) atoms. The highest BCUT2D eigenvalue weighted by atomic mass is 16.5. The summed E-state index contributed by atoms with van der Waals surface area (Å²) in [6, 6.07) is 7.30. The first kappa shape index (κ1) is 11.2. The van der Waals surface area contributed by atoms with Gasteiger partial charge in [-0.05, 0) is 11.6 Å². The molecule has 0 aromatic heterocycles. The standard InChI is InChI=1S/C11H14N2O2/c1-12-11(14)13-8-7-9-5-3-4-6-10(9)15-2/h3-6,8H,7H2,1-2H3,(H,12,14)/b13-8+. The van der Waals surface area contributed by atoms with Gasteiger partial charge in [0.25, 0.3) is 0 Å². The molecule has 0 spiro atoms. The van der Waals surface area contributed by atoms with Crippen LogP contribution >= 0.6 is 0 Å². The van der Waals surface area contributed by atoms with E-state index in [2.05, 4.69) is 10.3 Å². The zero-order chi connectivity index (χ0) is 11.1. The fourth-order valence-electron chi connectivity index (χ4n) is 1.16. The number of urea groups is 1. The lowest BCUT2D eigenvalue weighted by atomic mass is 10.1. The molecule has 0 fully saturated rings. The fourth-order valence-corrected chi connectivity index (χ4v) is 1.16. The number of nitrogens with one attached hydrogen (secondary N) is 1. The van der Waals surface area contributed by atoms with Crippen molar-refractivity contribution in [2.24, 2.45) is 4.99 Å². The van der Waals surface area contributed by atoms with Crippen LogP contribution in [0.3, 0.4) is 0 Å². The van der Waals surface area contributed by atoms with Gasteiger partial charge in [-0.3, -0.25) is 0 Å². The Balaban J connectivity index is 2.64. The Kier molecular flexibility index (Phi) is 4.34. The zero-order valence-electron chi connectivity index (χ0n) is 8.86. The molecule has 1 N–H and O–H groups in total. The van der Waals surface area contributed by atoms with Crippen molar-refractivity contribution in [2.75, 3.05) is 14.2 Å². The fraction of sp³-hybridized carbons (Fsp3) is 0.273. The lowest BCUT2D eigenvalue weighted by Gasteiger charge is -2.04. The predicted molar refractivity (Wildman–Crippen MR) is 59.6 cm³/mol. The molecule has 0 saturated carbocycles. The summed E-state index contributed by atoms with van der Waals surface area (Å²) in [5, 5.41) is 2.41. The maximum absolute atomic E-state index is 10.8. The van der Waals surface area contributed by atoms with Gasteiger partial charge in [0.15, 0.2) is 0 Å². The van der Waals surface area contributed by atoms with Crippen molar-refractivity contribution < 1.29 is 9.53 Å². The topological polar surface area (TPSA) is 50.7 Å². The molecule has 0 radical (unpaired) electrons. The molecule has 0 aliphatic rings. The lowest BCUT2D eigenvalue weighted by Crippen LogP contribution is -2.12. The largest absolute Gasteiger partial charge is 0.496 e. The Hall–Kier alpha value is -1.84. The Morgan fingerprint density at radius 2 is 2.27 bits per heavy atom. The number of carbonyl (C=O) groups excluding carboxylic acids is 1. The molecule has 0 heterocycles. The molecule has 0 aliphatic carbocycles. The van der Waals surface area contributed by atoms with E-state index in [0.717, 1.165) is 11.3 Å². The van der Waals surface area contributed by atoms with Crippen LogP contribution < -0.4 is 10.1 Å². The molecule has 0 aliphatic heterocycles. The summed E-state index contributed by atoms with van der Waals surface area (Å²) in [5.41, 5.74) is 1.01. The number of nitrogens with zero attached hydrogens (tertiary/aromatic N) is 1. The van der Waals surface area contributed by atoms with E-state index in [9.17, 15) is 4.79 Å². The highest BCUT2D eigenvalue weighted by Crippen LogP contribution is 2.16. The third-order valence-electron chi connectivity index (χ3n) is 1.93. The van der Waals surface area contributed by atoms with E-state index >= 15 is 0 Å². The monoisotopic (exact) mass is 206 g/mol. The SMILES string of the molecule is CNC(=O)/N=C/Cc1ccccc1OC. The van der Waals surface area contributed by atoms with Gasteiger partial charge in [-0.15, -0.1) is 0 Å². The third kappa shape index (κ3) is 3.42. The van der Waals surface area contributed by atoms with E-state index < -0.39 is 0 Å². The Bertz CT molecular complexity index is 361. The number of aliphatic imine (C=N–C) groups is 1. The normalized spacial score (nSPS) is 10.3. The molecule has 2 amide bonds. The van der Waals surface area contributed by atoms with Gasteiger partial charge in [0.05, 0.1) is 7.11 Å². The molecule has 0 saturated heterocycles. The summed E-state index contributed by atoms with van der Waals surface area (Å²) in [5.74, 6) is 0.806. The molecule has 4 nitrogen and oxygen atoms in total. The quantitative estimate of drug-likeness (QED) is 0.764. The molecule has 1 rings (SSSR count). The third-order valence-corrected chi connectivity index (χ3v) is 1.93.